The molecule has 12 heteroatoms. The Hall–Kier alpha value is -7.08. The van der Waals surface area contributed by atoms with E-state index in [1.165, 1.54) is 0 Å². The molecule has 5 aromatic carbocycles. The van der Waals surface area contributed by atoms with Crippen molar-refractivity contribution >= 4 is 40.3 Å². The molecule has 0 saturated carbocycles. The molecule has 0 aliphatic carbocycles. The lowest BCUT2D eigenvalue weighted by atomic mass is 10.1. The topological polar surface area (TPSA) is 148 Å². The molecule has 0 fully saturated rings. The van der Waals surface area contributed by atoms with Crippen LogP contribution in [-0.2, 0) is 25.6 Å². The highest BCUT2D eigenvalue weighted by Crippen LogP contribution is 2.30. The summed E-state index contributed by atoms with van der Waals surface area (Å²) in [6, 6.07) is 31.7. The van der Waals surface area contributed by atoms with E-state index in [0.29, 0.717) is 60.3 Å². The van der Waals surface area contributed by atoms with Crippen LogP contribution in [0.5, 0.6) is 23.0 Å². The summed E-state index contributed by atoms with van der Waals surface area (Å²) >= 11 is 0. The quantitative estimate of drug-likeness (QED) is 0.0183. The van der Waals surface area contributed by atoms with Crippen LogP contribution >= 0.6 is 0 Å². The Bertz CT molecular complexity index is 2260. The molecule has 0 heterocycles. The summed E-state index contributed by atoms with van der Waals surface area (Å²) in [4.78, 5) is 48.8. The van der Waals surface area contributed by atoms with Gasteiger partial charge in [0, 0.05) is 23.1 Å². The van der Waals surface area contributed by atoms with Gasteiger partial charge in [0.15, 0.2) is 0 Å². The van der Waals surface area contributed by atoms with Gasteiger partial charge in [-0.3, -0.25) is 0 Å². The molecule has 0 atom stereocenters. The number of carbonyl (C=O) groups excluding carboxylic acids is 4. The van der Waals surface area contributed by atoms with Gasteiger partial charge in [-0.2, -0.15) is 10.2 Å². The van der Waals surface area contributed by atoms with E-state index in [2.05, 4.69) is 23.4 Å². The van der Waals surface area contributed by atoms with Gasteiger partial charge in [0.1, 0.15) is 23.0 Å². The average molecular weight is 827 g/mol. The molecule has 0 N–H and O–H groups in total. The second-order valence-electron chi connectivity index (χ2n) is 13.8. The molecule has 61 heavy (non-hydrogen) atoms. The maximum atomic E-state index is 13.3. The lowest BCUT2D eigenvalue weighted by Crippen LogP contribution is -2.11. The molecule has 5 aromatic rings. The summed E-state index contributed by atoms with van der Waals surface area (Å²) in [7, 11) is 0. The molecule has 12 nitrogen and oxygen atoms in total. The minimum absolute atomic E-state index is 0.0266. The molecular formula is C49H50N2O10. The molecule has 0 aromatic heterocycles. The predicted molar refractivity (Wildman–Crippen MR) is 232 cm³/mol. The zero-order valence-corrected chi connectivity index (χ0v) is 34.1. The van der Waals surface area contributed by atoms with Crippen molar-refractivity contribution in [1.29, 1.82) is 0 Å². The number of fused-ring (bicyclic) bond motifs is 1. The first-order chi connectivity index (χ1) is 29.8. The fourth-order valence-electron chi connectivity index (χ4n) is 5.98. The van der Waals surface area contributed by atoms with E-state index in [1.807, 2.05) is 42.5 Å². The van der Waals surface area contributed by atoms with Crippen molar-refractivity contribution in [3.8, 4) is 23.0 Å². The molecule has 0 saturated heterocycles. The van der Waals surface area contributed by atoms with E-state index in [4.69, 9.17) is 28.4 Å². The van der Waals surface area contributed by atoms with Gasteiger partial charge in [0.05, 0.1) is 49.8 Å². The Morgan fingerprint density at radius 3 is 1.61 bits per heavy atom. The number of carbonyl (C=O) groups is 4. The highest BCUT2D eigenvalue weighted by atomic mass is 16.5. The van der Waals surface area contributed by atoms with Crippen LogP contribution in [0, 0.1) is 0 Å². The molecule has 0 amide bonds. The van der Waals surface area contributed by atoms with Crippen molar-refractivity contribution in [3.63, 3.8) is 0 Å². The third-order valence-corrected chi connectivity index (χ3v) is 9.25. The van der Waals surface area contributed by atoms with Crippen LogP contribution in [0.15, 0.2) is 145 Å². The Labute approximate surface area is 355 Å². The second-order valence-corrected chi connectivity index (χ2v) is 13.8. The highest BCUT2D eigenvalue weighted by molar-refractivity contribution is 5.93. The smallest absolute Gasteiger partial charge is 0.343 e. The number of hydrogen-bond acceptors (Lipinski definition) is 12. The molecular weight excluding hydrogens is 777 g/mol. The van der Waals surface area contributed by atoms with Gasteiger partial charge in [-0.05, 0) is 130 Å². The van der Waals surface area contributed by atoms with Gasteiger partial charge < -0.3 is 28.4 Å². The number of esters is 4. The third-order valence-electron chi connectivity index (χ3n) is 9.25. The SMILES string of the molecule is C=CC(=O)OCCCCCCOc1ccc(C(=O)Oc2ccc(OC(=O)c3ccc(OCCCCCCOC(=O)C=C)cc3)c(CN=Nc3cccc4ccccc34)c2)cc1. The molecule has 0 aliphatic rings. The number of unbranched alkanes of at least 4 members (excludes halogenated alkanes) is 6. The number of nitrogens with zero attached hydrogens (tertiary/aromatic N) is 2. The monoisotopic (exact) mass is 826 g/mol. The summed E-state index contributed by atoms with van der Waals surface area (Å²) in [6.45, 7) is 8.54. The number of benzene rings is 5. The standard InChI is InChI=1S/C49H50N2O10/c1-3-46(52)58-32-13-7-5-11-30-56-40-24-20-37(21-25-40)48(54)60-42-28-29-45(39(34-42)35-50-51-44-19-15-17-36-16-9-10-18-43(36)44)61-49(55)38-22-26-41(27-23-38)57-31-12-6-8-14-33-59-47(53)4-2/h3-4,9-10,15-29,34H,1-2,5-8,11-14,30-33,35H2. The van der Waals surface area contributed by atoms with Crippen molar-refractivity contribution < 1.29 is 47.6 Å². The molecule has 0 radical (unpaired) electrons. The maximum Gasteiger partial charge on any atom is 0.343 e. The lowest BCUT2D eigenvalue weighted by Gasteiger charge is -2.12. The zero-order valence-electron chi connectivity index (χ0n) is 34.1. The van der Waals surface area contributed by atoms with Crippen molar-refractivity contribution in [2.45, 2.75) is 57.9 Å². The summed E-state index contributed by atoms with van der Waals surface area (Å²) in [6.07, 6.45) is 9.16. The Morgan fingerprint density at radius 1 is 0.525 bits per heavy atom. The fourth-order valence-corrected chi connectivity index (χ4v) is 5.98. The van der Waals surface area contributed by atoms with Gasteiger partial charge in [-0.1, -0.05) is 49.6 Å². The van der Waals surface area contributed by atoms with Crippen molar-refractivity contribution in [3.05, 3.63) is 151 Å². The molecule has 0 spiro atoms. The Kier molecular flexibility index (Phi) is 18.3. The van der Waals surface area contributed by atoms with Crippen LogP contribution in [0.1, 0.15) is 77.6 Å². The van der Waals surface area contributed by atoms with Crippen molar-refractivity contribution in [2.24, 2.45) is 10.2 Å². The highest BCUT2D eigenvalue weighted by Gasteiger charge is 2.16. The van der Waals surface area contributed by atoms with E-state index in [-0.39, 0.29) is 18.0 Å². The van der Waals surface area contributed by atoms with Crippen molar-refractivity contribution in [1.82, 2.24) is 0 Å². The van der Waals surface area contributed by atoms with E-state index < -0.39 is 23.9 Å². The molecule has 0 unspecified atom stereocenters. The minimum Gasteiger partial charge on any atom is -0.494 e. The predicted octanol–water partition coefficient (Wildman–Crippen LogP) is 10.9. The normalized spacial score (nSPS) is 10.8. The summed E-state index contributed by atoms with van der Waals surface area (Å²) < 4.78 is 33.2. The molecule has 0 aliphatic heterocycles. The first-order valence-electron chi connectivity index (χ1n) is 20.3. The first kappa shape index (κ1) is 45.0. The second kappa shape index (κ2) is 24.8. The van der Waals surface area contributed by atoms with Gasteiger partial charge in [0.25, 0.3) is 0 Å². The average Bonchev–Trinajstić information content (AvgIpc) is 3.29. The summed E-state index contributed by atoms with van der Waals surface area (Å²) in [5.41, 5.74) is 1.80. The van der Waals surface area contributed by atoms with Gasteiger partial charge >= 0.3 is 23.9 Å². The maximum absolute atomic E-state index is 13.3. The fraction of sp³-hybridized carbons (Fsp3) is 0.265. The van der Waals surface area contributed by atoms with Gasteiger partial charge in [-0.15, -0.1) is 0 Å². The van der Waals surface area contributed by atoms with Crippen LogP contribution in [0.2, 0.25) is 0 Å². The van der Waals surface area contributed by atoms with E-state index >= 15 is 0 Å². The molecule has 5 rings (SSSR count). The van der Waals surface area contributed by atoms with Crippen LogP contribution in [0.3, 0.4) is 0 Å². The minimum atomic E-state index is -0.588. The number of azo groups is 1. The Morgan fingerprint density at radius 2 is 1.03 bits per heavy atom. The van der Waals surface area contributed by atoms with E-state index in [9.17, 15) is 19.2 Å². The lowest BCUT2D eigenvalue weighted by molar-refractivity contribution is -0.138. The summed E-state index contributed by atoms with van der Waals surface area (Å²) in [5.74, 6) is -0.287. The molecule has 316 valence electrons. The number of hydrogen-bond donors (Lipinski definition) is 0. The first-order valence-corrected chi connectivity index (χ1v) is 20.3. The zero-order chi connectivity index (χ0) is 43.1. The largest absolute Gasteiger partial charge is 0.494 e. The number of rotatable bonds is 25. The molecule has 0 bridgehead atoms. The van der Waals surface area contributed by atoms with E-state index in [0.717, 1.165) is 74.3 Å². The number of ether oxygens (including phenoxy) is 6. The van der Waals surface area contributed by atoms with Crippen LogP contribution < -0.4 is 18.9 Å². The van der Waals surface area contributed by atoms with Crippen LogP contribution in [0.4, 0.5) is 5.69 Å². The summed E-state index contributed by atoms with van der Waals surface area (Å²) in [5, 5.41) is 10.9. The van der Waals surface area contributed by atoms with E-state index in [1.54, 1.807) is 66.7 Å². The Balaban J connectivity index is 1.17. The van der Waals surface area contributed by atoms with Crippen molar-refractivity contribution in [2.75, 3.05) is 26.4 Å². The van der Waals surface area contributed by atoms with Gasteiger partial charge in [0.2, 0.25) is 0 Å². The van der Waals surface area contributed by atoms with Crippen LogP contribution in [0.25, 0.3) is 10.8 Å². The van der Waals surface area contributed by atoms with Gasteiger partial charge in [-0.25, -0.2) is 19.2 Å². The van der Waals surface area contributed by atoms with Crippen LogP contribution in [-0.4, -0.2) is 50.3 Å². The third kappa shape index (κ3) is 15.2.